The summed E-state index contributed by atoms with van der Waals surface area (Å²) >= 11 is 0. The van der Waals surface area contributed by atoms with Crippen molar-refractivity contribution in [2.24, 2.45) is 0 Å². The topological polar surface area (TPSA) is 103 Å². The zero-order valence-electron chi connectivity index (χ0n) is 26.3. The highest BCUT2D eigenvalue weighted by atomic mass is 16.6. The van der Waals surface area contributed by atoms with E-state index in [2.05, 4.69) is 11.4 Å². The van der Waals surface area contributed by atoms with Gasteiger partial charge in [-0.3, -0.25) is 4.79 Å². The summed E-state index contributed by atoms with van der Waals surface area (Å²) in [6.07, 6.45) is 7.15. The minimum atomic E-state index is -0.603. The summed E-state index contributed by atoms with van der Waals surface area (Å²) < 4.78 is 23.6. The average molecular weight is 587 g/mol. The molecule has 0 aromatic heterocycles. The molecule has 3 aliphatic rings. The van der Waals surface area contributed by atoms with Crippen LogP contribution in [0.15, 0.2) is 24.3 Å². The number of nitrogens with one attached hydrogen (secondary N) is 1. The van der Waals surface area contributed by atoms with E-state index >= 15 is 0 Å². The smallest absolute Gasteiger partial charge is 0.410 e. The molecule has 1 N–H and O–H groups in total. The molecule has 9 nitrogen and oxygen atoms in total. The van der Waals surface area contributed by atoms with Crippen molar-refractivity contribution in [2.45, 2.75) is 134 Å². The standard InChI is InChI=1S/C33H50N2O7/c1-31(2,3)41-29(37)22-40-26-12-8-7-11-25(26)23-14-16-24(17-15-23)39-21-27-33(18-9-13-28(36)34-33)19-10-20-35(27)30(38)42-32(4,5)6/h7-8,11-12,23-24,27H,9-10,13-22H2,1-6H3,(H,34,36)/t23?,24?,27-,33-/m0/s1. The van der Waals surface area contributed by atoms with Crippen LogP contribution < -0.4 is 10.1 Å². The maximum absolute atomic E-state index is 13.3. The number of likely N-dealkylation sites (tertiary alicyclic amines) is 1. The quantitative estimate of drug-likeness (QED) is 0.398. The molecule has 0 radical (unpaired) electrons. The molecule has 2 aliphatic heterocycles. The number of rotatable bonds is 7. The van der Waals surface area contributed by atoms with E-state index in [1.54, 1.807) is 4.90 Å². The fourth-order valence-electron chi connectivity index (χ4n) is 6.60. The molecule has 234 valence electrons. The van der Waals surface area contributed by atoms with Gasteiger partial charge in [0.05, 0.1) is 24.3 Å². The van der Waals surface area contributed by atoms with E-state index in [0.29, 0.717) is 25.5 Å². The Kier molecular flexibility index (Phi) is 10.1. The first-order valence-corrected chi connectivity index (χ1v) is 15.6. The van der Waals surface area contributed by atoms with E-state index in [0.717, 1.165) is 62.7 Å². The first kappa shape index (κ1) is 32.1. The highest BCUT2D eigenvalue weighted by molar-refractivity contribution is 5.78. The van der Waals surface area contributed by atoms with Crippen molar-refractivity contribution in [3.8, 4) is 5.75 Å². The summed E-state index contributed by atoms with van der Waals surface area (Å²) in [5.41, 5.74) is -0.533. The van der Waals surface area contributed by atoms with Crippen LogP contribution >= 0.6 is 0 Å². The number of ether oxygens (including phenoxy) is 4. The lowest BCUT2D eigenvalue weighted by atomic mass is 9.75. The fraction of sp³-hybridized carbons (Fsp3) is 0.727. The Morgan fingerprint density at radius 1 is 0.952 bits per heavy atom. The van der Waals surface area contributed by atoms with Crippen LogP contribution in [0.4, 0.5) is 4.79 Å². The third kappa shape index (κ3) is 8.62. The number of para-hydroxylation sites is 1. The molecule has 0 unspecified atom stereocenters. The lowest BCUT2D eigenvalue weighted by molar-refractivity contribution is -0.157. The molecule has 1 spiro atoms. The predicted molar refractivity (Wildman–Crippen MR) is 159 cm³/mol. The van der Waals surface area contributed by atoms with E-state index < -0.39 is 16.7 Å². The largest absolute Gasteiger partial charge is 0.482 e. The van der Waals surface area contributed by atoms with E-state index in [9.17, 15) is 14.4 Å². The lowest BCUT2D eigenvalue weighted by Crippen LogP contribution is -2.69. The Bertz CT molecular complexity index is 1100. The second-order valence-corrected chi connectivity index (χ2v) is 14.1. The number of hydrogen-bond acceptors (Lipinski definition) is 7. The van der Waals surface area contributed by atoms with Crippen LogP contribution in [0.2, 0.25) is 0 Å². The molecular formula is C33H50N2O7. The normalized spacial score (nSPS) is 26.9. The van der Waals surface area contributed by atoms with E-state index in [1.807, 2.05) is 59.7 Å². The maximum Gasteiger partial charge on any atom is 0.410 e. The summed E-state index contributed by atoms with van der Waals surface area (Å²) in [6.45, 7) is 12.0. The molecule has 2 amide bonds. The number of carbonyl (C=O) groups excluding carboxylic acids is 3. The molecule has 1 aromatic carbocycles. The zero-order chi connectivity index (χ0) is 30.5. The van der Waals surface area contributed by atoms with Crippen LogP contribution in [0.25, 0.3) is 0 Å². The third-order valence-electron chi connectivity index (χ3n) is 8.37. The molecule has 3 fully saturated rings. The van der Waals surface area contributed by atoms with Gasteiger partial charge in [-0.2, -0.15) is 0 Å². The van der Waals surface area contributed by atoms with Gasteiger partial charge in [-0.05, 0) is 110 Å². The van der Waals surface area contributed by atoms with Gasteiger partial charge in [0, 0.05) is 13.0 Å². The number of piperidine rings is 2. The van der Waals surface area contributed by atoms with Gasteiger partial charge in [-0.1, -0.05) is 18.2 Å². The Morgan fingerprint density at radius 3 is 2.29 bits per heavy atom. The minimum absolute atomic E-state index is 0.0466. The van der Waals surface area contributed by atoms with E-state index in [-0.39, 0.29) is 36.7 Å². The SMILES string of the molecule is CC(C)(C)OC(=O)COc1ccccc1C1CCC(OC[C@@H]2N(C(=O)OC(C)(C)C)CCC[C@@]23CCCC(=O)N3)CC1. The van der Waals surface area contributed by atoms with Crippen LogP contribution in [0.5, 0.6) is 5.75 Å². The van der Waals surface area contributed by atoms with Crippen molar-refractivity contribution in [1.29, 1.82) is 0 Å². The Hall–Kier alpha value is -2.81. The Balaban J connectivity index is 1.38. The van der Waals surface area contributed by atoms with Crippen molar-refractivity contribution < 1.29 is 33.3 Å². The van der Waals surface area contributed by atoms with Gasteiger partial charge in [0.1, 0.15) is 17.0 Å². The zero-order valence-corrected chi connectivity index (χ0v) is 26.3. The highest BCUT2D eigenvalue weighted by Crippen LogP contribution is 2.40. The molecule has 1 aromatic rings. The number of nitrogens with zero attached hydrogens (tertiary/aromatic N) is 1. The van der Waals surface area contributed by atoms with Crippen molar-refractivity contribution in [1.82, 2.24) is 10.2 Å². The fourth-order valence-corrected chi connectivity index (χ4v) is 6.60. The number of amides is 2. The van der Waals surface area contributed by atoms with Crippen molar-refractivity contribution in [3.63, 3.8) is 0 Å². The van der Waals surface area contributed by atoms with E-state index in [1.165, 1.54) is 0 Å². The molecule has 2 atom stereocenters. The molecule has 2 heterocycles. The first-order chi connectivity index (χ1) is 19.7. The Morgan fingerprint density at radius 2 is 1.62 bits per heavy atom. The molecule has 1 aliphatic carbocycles. The van der Waals surface area contributed by atoms with Gasteiger partial charge in [0.2, 0.25) is 5.91 Å². The summed E-state index contributed by atoms with van der Waals surface area (Å²) in [6, 6.07) is 7.64. The monoisotopic (exact) mass is 586 g/mol. The highest BCUT2D eigenvalue weighted by Gasteiger charge is 2.49. The molecule has 9 heteroatoms. The number of esters is 1. The van der Waals surface area contributed by atoms with Gasteiger partial charge >= 0.3 is 12.1 Å². The Labute approximate surface area is 251 Å². The van der Waals surface area contributed by atoms with Crippen molar-refractivity contribution in [3.05, 3.63) is 29.8 Å². The lowest BCUT2D eigenvalue weighted by Gasteiger charge is -2.52. The summed E-state index contributed by atoms with van der Waals surface area (Å²) in [5, 5.41) is 3.27. The molecule has 0 bridgehead atoms. The molecule has 4 rings (SSSR count). The number of benzene rings is 1. The van der Waals surface area contributed by atoms with Crippen molar-refractivity contribution >= 4 is 18.0 Å². The van der Waals surface area contributed by atoms with Gasteiger partial charge in [0.15, 0.2) is 6.61 Å². The predicted octanol–water partition coefficient (Wildman–Crippen LogP) is 5.89. The number of hydrogen-bond donors (Lipinski definition) is 1. The van der Waals surface area contributed by atoms with E-state index in [4.69, 9.17) is 18.9 Å². The average Bonchev–Trinajstić information content (AvgIpc) is 2.90. The second kappa shape index (κ2) is 13.2. The first-order valence-electron chi connectivity index (χ1n) is 15.6. The second-order valence-electron chi connectivity index (χ2n) is 14.1. The molecule has 42 heavy (non-hydrogen) atoms. The van der Waals surface area contributed by atoms with Crippen LogP contribution in [0.3, 0.4) is 0 Å². The molecule has 2 saturated heterocycles. The summed E-state index contributed by atoms with van der Waals surface area (Å²) in [7, 11) is 0. The summed E-state index contributed by atoms with van der Waals surface area (Å²) in [5.74, 6) is 0.685. The van der Waals surface area contributed by atoms with Crippen LogP contribution in [0.1, 0.15) is 111 Å². The molecule has 1 saturated carbocycles. The maximum atomic E-state index is 13.3. The molecular weight excluding hydrogens is 536 g/mol. The van der Waals surface area contributed by atoms with Crippen LogP contribution in [-0.2, 0) is 23.8 Å². The third-order valence-corrected chi connectivity index (χ3v) is 8.37. The number of carbonyl (C=O) groups is 3. The summed E-state index contributed by atoms with van der Waals surface area (Å²) in [4.78, 5) is 39.8. The van der Waals surface area contributed by atoms with Gasteiger partial charge < -0.3 is 29.2 Å². The van der Waals surface area contributed by atoms with Crippen molar-refractivity contribution in [2.75, 3.05) is 19.8 Å². The van der Waals surface area contributed by atoms with Gasteiger partial charge in [-0.15, -0.1) is 0 Å². The van der Waals surface area contributed by atoms with Crippen LogP contribution in [0, 0.1) is 0 Å². The van der Waals surface area contributed by atoms with Gasteiger partial charge in [-0.25, -0.2) is 9.59 Å². The minimum Gasteiger partial charge on any atom is -0.482 e. The van der Waals surface area contributed by atoms with Gasteiger partial charge in [0.25, 0.3) is 0 Å². The van der Waals surface area contributed by atoms with Crippen LogP contribution in [-0.4, -0.2) is 71.5 Å².